The van der Waals surface area contributed by atoms with E-state index in [0.717, 1.165) is 11.3 Å². The summed E-state index contributed by atoms with van der Waals surface area (Å²) in [6, 6.07) is 20.3. The van der Waals surface area contributed by atoms with Crippen LogP contribution in [0.4, 0.5) is 11.4 Å². The number of rotatable bonds is 5. The van der Waals surface area contributed by atoms with E-state index in [1.807, 2.05) is 31.2 Å². The molecule has 1 N–H and O–H groups in total. The number of anilines is 2. The van der Waals surface area contributed by atoms with Gasteiger partial charge in [-0.1, -0.05) is 24.3 Å². The van der Waals surface area contributed by atoms with Gasteiger partial charge in [0.25, 0.3) is 15.9 Å². The van der Waals surface area contributed by atoms with E-state index in [-0.39, 0.29) is 16.5 Å². The van der Waals surface area contributed by atoms with Crippen molar-refractivity contribution in [2.45, 2.75) is 24.3 Å². The summed E-state index contributed by atoms with van der Waals surface area (Å²) in [5.41, 5.74) is 3.23. The van der Waals surface area contributed by atoms with Crippen LogP contribution in [-0.4, -0.2) is 40.6 Å². The van der Waals surface area contributed by atoms with Crippen LogP contribution in [0.5, 0.6) is 0 Å². The van der Waals surface area contributed by atoms with Crippen LogP contribution >= 0.6 is 0 Å². The number of para-hydroxylation sites is 1. The number of nitrogens with zero attached hydrogens (tertiary/aromatic N) is 5. The number of carbonyl (C=O) groups excluding carboxylic acids is 1. The smallest absolute Gasteiger partial charge is 0.264 e. The second-order valence-electron chi connectivity index (χ2n) is 7.77. The van der Waals surface area contributed by atoms with Crippen molar-refractivity contribution in [3.63, 3.8) is 0 Å². The molecule has 1 aromatic heterocycles. The van der Waals surface area contributed by atoms with Crippen LogP contribution in [-0.2, 0) is 16.4 Å². The summed E-state index contributed by atoms with van der Waals surface area (Å²) in [4.78, 5) is 12.9. The number of hydrogen-bond acceptors (Lipinski definition) is 6. The quantitative estimate of drug-likeness (QED) is 0.490. The molecule has 4 aromatic rings. The lowest BCUT2D eigenvalue weighted by Gasteiger charge is -2.24. The molecule has 0 saturated carbocycles. The highest BCUT2D eigenvalue weighted by molar-refractivity contribution is 7.92. The number of fused-ring (bicyclic) bond motifs is 1. The monoisotopic (exact) mass is 460 g/mol. The summed E-state index contributed by atoms with van der Waals surface area (Å²) < 4.78 is 29.9. The molecule has 1 atom stereocenters. The molecule has 0 radical (unpaired) electrons. The van der Waals surface area contributed by atoms with E-state index >= 15 is 0 Å². The predicted octanol–water partition coefficient (Wildman–Crippen LogP) is 3.05. The highest BCUT2D eigenvalue weighted by atomic mass is 32.2. The Labute approximate surface area is 190 Å². The summed E-state index contributed by atoms with van der Waals surface area (Å²) in [5.74, 6) is -0.405. The Balaban J connectivity index is 1.38. The first-order chi connectivity index (χ1) is 15.9. The van der Waals surface area contributed by atoms with Crippen molar-refractivity contribution in [3.05, 3.63) is 90.3 Å². The Morgan fingerprint density at radius 3 is 2.58 bits per heavy atom. The van der Waals surface area contributed by atoms with Gasteiger partial charge in [0.2, 0.25) is 0 Å². The van der Waals surface area contributed by atoms with Gasteiger partial charge in [0.15, 0.2) is 0 Å². The summed E-state index contributed by atoms with van der Waals surface area (Å²) >= 11 is 0. The fraction of sp³-hybridized carbons (Fsp3) is 0.130. The molecule has 33 heavy (non-hydrogen) atoms. The van der Waals surface area contributed by atoms with Crippen LogP contribution < -0.4 is 9.62 Å². The molecule has 3 aromatic carbocycles. The first kappa shape index (κ1) is 20.8. The zero-order chi connectivity index (χ0) is 23.0. The third-order valence-electron chi connectivity index (χ3n) is 5.54. The number of nitrogens with one attached hydrogen (secondary N) is 1. The highest BCUT2D eigenvalue weighted by Gasteiger charge is 2.36. The average Bonchev–Trinajstić information content (AvgIpc) is 3.47. The van der Waals surface area contributed by atoms with Gasteiger partial charge in [-0.3, -0.25) is 9.10 Å². The van der Waals surface area contributed by atoms with E-state index in [1.165, 1.54) is 27.4 Å². The Morgan fingerprint density at radius 2 is 1.82 bits per heavy atom. The van der Waals surface area contributed by atoms with Crippen molar-refractivity contribution in [3.8, 4) is 5.69 Å². The van der Waals surface area contributed by atoms with E-state index < -0.39 is 15.9 Å². The topological polar surface area (TPSA) is 110 Å². The highest BCUT2D eigenvalue weighted by Crippen LogP contribution is 2.36. The molecule has 1 aliphatic rings. The molecule has 5 rings (SSSR count). The number of tetrazole rings is 1. The molecule has 0 spiro atoms. The summed E-state index contributed by atoms with van der Waals surface area (Å²) in [6.07, 6.45) is 2.12. The van der Waals surface area contributed by atoms with Crippen molar-refractivity contribution in [1.29, 1.82) is 0 Å². The molecule has 1 amide bonds. The van der Waals surface area contributed by atoms with Gasteiger partial charge < -0.3 is 5.32 Å². The third-order valence-corrected chi connectivity index (χ3v) is 7.46. The largest absolute Gasteiger partial charge is 0.322 e. The summed E-state index contributed by atoms with van der Waals surface area (Å²) in [6.45, 7) is 1.88. The van der Waals surface area contributed by atoms with Gasteiger partial charge in [0.1, 0.15) is 6.33 Å². The zero-order valence-corrected chi connectivity index (χ0v) is 18.5. The van der Waals surface area contributed by atoms with Crippen LogP contribution in [0.1, 0.15) is 22.8 Å². The number of carbonyl (C=O) groups is 1. The maximum atomic E-state index is 13.5. The third kappa shape index (κ3) is 3.85. The Hall–Kier alpha value is -4.05. The first-order valence-corrected chi connectivity index (χ1v) is 11.7. The molecule has 10 heteroatoms. The lowest BCUT2D eigenvalue weighted by Crippen LogP contribution is -2.35. The second-order valence-corrected chi connectivity index (χ2v) is 9.58. The molecule has 0 bridgehead atoms. The van der Waals surface area contributed by atoms with Gasteiger partial charge in [-0.2, -0.15) is 0 Å². The van der Waals surface area contributed by atoms with Crippen molar-refractivity contribution in [2.24, 2.45) is 0 Å². The van der Waals surface area contributed by atoms with Gasteiger partial charge in [-0.25, -0.2) is 13.1 Å². The normalized spacial score (nSPS) is 15.3. The first-order valence-electron chi connectivity index (χ1n) is 10.3. The van der Waals surface area contributed by atoms with Crippen LogP contribution in [0.3, 0.4) is 0 Å². The zero-order valence-electron chi connectivity index (χ0n) is 17.7. The maximum Gasteiger partial charge on any atom is 0.264 e. The van der Waals surface area contributed by atoms with Gasteiger partial charge in [0.05, 0.1) is 16.3 Å². The van der Waals surface area contributed by atoms with Crippen molar-refractivity contribution >= 4 is 27.3 Å². The number of benzene rings is 3. The summed E-state index contributed by atoms with van der Waals surface area (Å²) in [7, 11) is -3.83. The van der Waals surface area contributed by atoms with Crippen molar-refractivity contribution in [1.82, 2.24) is 20.2 Å². The molecule has 9 nitrogen and oxygen atoms in total. The van der Waals surface area contributed by atoms with Crippen LogP contribution in [0, 0.1) is 0 Å². The lowest BCUT2D eigenvalue weighted by atomic mass is 10.1. The van der Waals surface area contributed by atoms with Gasteiger partial charge in [0, 0.05) is 17.3 Å². The maximum absolute atomic E-state index is 13.5. The molecule has 0 fully saturated rings. The van der Waals surface area contributed by atoms with Crippen LogP contribution in [0.15, 0.2) is 84.0 Å². The van der Waals surface area contributed by atoms with E-state index in [2.05, 4.69) is 20.8 Å². The fourth-order valence-electron chi connectivity index (χ4n) is 4.00. The van der Waals surface area contributed by atoms with Crippen molar-refractivity contribution < 1.29 is 13.2 Å². The second kappa shape index (κ2) is 8.14. The van der Waals surface area contributed by atoms with E-state index in [0.29, 0.717) is 17.8 Å². The SMILES string of the molecule is CC1Cc2ccccc2N1S(=O)(=O)c1cccc(C(=O)Nc2ccc(-n3cnnn3)cc2)c1. The Kier molecular flexibility index (Phi) is 5.14. The predicted molar refractivity (Wildman–Crippen MR) is 123 cm³/mol. The van der Waals surface area contributed by atoms with Crippen molar-refractivity contribution in [2.75, 3.05) is 9.62 Å². The van der Waals surface area contributed by atoms with Gasteiger partial charge in [-0.15, -0.1) is 5.10 Å². The molecule has 1 aliphatic heterocycles. The number of sulfonamides is 1. The fourth-order valence-corrected chi connectivity index (χ4v) is 5.73. The molecule has 1 unspecified atom stereocenters. The lowest BCUT2D eigenvalue weighted by molar-refractivity contribution is 0.102. The molecule has 2 heterocycles. The average molecular weight is 461 g/mol. The molecular weight excluding hydrogens is 440 g/mol. The number of hydrogen-bond donors (Lipinski definition) is 1. The van der Waals surface area contributed by atoms with E-state index in [4.69, 9.17) is 0 Å². The van der Waals surface area contributed by atoms with Crippen LogP contribution in [0.2, 0.25) is 0 Å². The molecule has 0 saturated heterocycles. The minimum Gasteiger partial charge on any atom is -0.322 e. The molecular formula is C23H20N6O3S. The standard InChI is InChI=1S/C23H20N6O3S/c1-16-13-17-5-2-3-8-22(17)29(16)33(31,32)21-7-4-6-18(14-21)23(30)25-19-9-11-20(12-10-19)28-15-24-26-27-28/h2-12,14-16H,13H2,1H3,(H,25,30). The van der Waals surface area contributed by atoms with Gasteiger partial charge in [-0.05, 0) is 77.9 Å². The molecule has 0 aliphatic carbocycles. The van der Waals surface area contributed by atoms with Gasteiger partial charge >= 0.3 is 0 Å². The van der Waals surface area contributed by atoms with E-state index in [9.17, 15) is 13.2 Å². The van der Waals surface area contributed by atoms with E-state index in [1.54, 1.807) is 36.4 Å². The summed E-state index contributed by atoms with van der Waals surface area (Å²) in [5, 5.41) is 13.8. The Morgan fingerprint density at radius 1 is 1.03 bits per heavy atom. The van der Waals surface area contributed by atoms with Crippen LogP contribution in [0.25, 0.3) is 5.69 Å². The Bertz CT molecular complexity index is 1420. The minimum absolute atomic E-state index is 0.0766. The number of aromatic nitrogens is 4. The molecule has 166 valence electrons. The minimum atomic E-state index is -3.83. The number of amides is 1.